The van der Waals surface area contributed by atoms with Crippen molar-refractivity contribution in [2.24, 2.45) is 5.92 Å². The van der Waals surface area contributed by atoms with Crippen molar-refractivity contribution in [1.82, 2.24) is 4.72 Å². The van der Waals surface area contributed by atoms with Gasteiger partial charge in [0, 0.05) is 23.9 Å². The van der Waals surface area contributed by atoms with Gasteiger partial charge in [-0.25, -0.2) is 13.1 Å². The molecule has 0 aliphatic heterocycles. The molecule has 0 amide bonds. The van der Waals surface area contributed by atoms with E-state index < -0.39 is 10.0 Å². The first-order valence-electron chi connectivity index (χ1n) is 6.44. The van der Waals surface area contributed by atoms with E-state index in [-0.39, 0.29) is 17.4 Å². The number of hydrogen-bond acceptors (Lipinski definition) is 4. The third-order valence-electron chi connectivity index (χ3n) is 3.15. The number of sulfonamides is 1. The number of halogens is 1. The Labute approximate surface area is 125 Å². The maximum atomic E-state index is 12.1. The van der Waals surface area contributed by atoms with Gasteiger partial charge in [0.05, 0.1) is 4.90 Å². The van der Waals surface area contributed by atoms with Crippen LogP contribution in [0.4, 0.5) is 5.69 Å². The number of hydrogen-bond donors (Lipinski definition) is 3. The molecule has 0 fully saturated rings. The number of benzene rings is 1. The van der Waals surface area contributed by atoms with Crippen molar-refractivity contribution >= 4 is 27.3 Å². The second kappa shape index (κ2) is 7.26. The fourth-order valence-corrected chi connectivity index (χ4v) is 3.09. The minimum Gasteiger partial charge on any atom is -0.398 e. The van der Waals surface area contributed by atoms with Crippen LogP contribution in [-0.2, 0) is 10.0 Å². The van der Waals surface area contributed by atoms with Gasteiger partial charge in [0.1, 0.15) is 0 Å². The Morgan fingerprint density at radius 1 is 1.45 bits per heavy atom. The normalized spacial score (nSPS) is 13.4. The highest BCUT2D eigenvalue weighted by Gasteiger charge is 2.16. The predicted molar refractivity (Wildman–Crippen MR) is 81.3 cm³/mol. The van der Waals surface area contributed by atoms with E-state index in [4.69, 9.17) is 22.4 Å². The fourth-order valence-electron chi connectivity index (χ4n) is 1.66. The van der Waals surface area contributed by atoms with Gasteiger partial charge in [-0.1, -0.05) is 18.5 Å². The maximum absolute atomic E-state index is 12.1. The predicted octanol–water partition coefficient (Wildman–Crippen LogP) is 1.92. The monoisotopic (exact) mass is 320 g/mol. The lowest BCUT2D eigenvalue weighted by molar-refractivity contribution is 0.228. The Morgan fingerprint density at radius 2 is 2.10 bits per heavy atom. The average molecular weight is 321 g/mol. The SMILES string of the molecule is Cc1c(N)cc(S(=O)(=O)NCCCC(C)CO)cc1Cl. The van der Waals surface area contributed by atoms with Crippen molar-refractivity contribution < 1.29 is 13.5 Å². The Balaban J connectivity index is 2.70. The van der Waals surface area contributed by atoms with Crippen LogP contribution in [0.5, 0.6) is 0 Å². The molecule has 1 aromatic rings. The van der Waals surface area contributed by atoms with Gasteiger partial charge in [-0.15, -0.1) is 0 Å². The van der Waals surface area contributed by atoms with E-state index in [1.54, 1.807) is 6.92 Å². The standard InChI is InChI=1S/C13H21ClN2O3S/c1-9(8-17)4-3-5-16-20(18,19)11-6-12(14)10(2)13(15)7-11/h6-7,9,16-17H,3-5,8,15H2,1-2H3. The Bertz CT molecular complexity index is 538. The van der Waals surface area contributed by atoms with Crippen LogP contribution in [0.2, 0.25) is 5.02 Å². The van der Waals surface area contributed by atoms with Crippen LogP contribution in [0.25, 0.3) is 0 Å². The lowest BCUT2D eigenvalue weighted by atomic mass is 10.1. The van der Waals surface area contributed by atoms with E-state index in [2.05, 4.69) is 4.72 Å². The van der Waals surface area contributed by atoms with Crippen LogP contribution in [0.3, 0.4) is 0 Å². The summed E-state index contributed by atoms with van der Waals surface area (Å²) >= 11 is 5.95. The third kappa shape index (κ3) is 4.63. The first-order valence-corrected chi connectivity index (χ1v) is 8.30. The molecule has 1 unspecified atom stereocenters. The Kier molecular flexibility index (Phi) is 6.26. The summed E-state index contributed by atoms with van der Waals surface area (Å²) in [6, 6.07) is 2.80. The molecule has 20 heavy (non-hydrogen) atoms. The molecule has 0 saturated carbocycles. The smallest absolute Gasteiger partial charge is 0.240 e. The summed E-state index contributed by atoms with van der Waals surface area (Å²) < 4.78 is 26.7. The molecular weight excluding hydrogens is 300 g/mol. The van der Waals surface area contributed by atoms with Crippen LogP contribution in [-0.4, -0.2) is 26.7 Å². The molecule has 4 N–H and O–H groups in total. The van der Waals surface area contributed by atoms with Crippen molar-refractivity contribution in [3.05, 3.63) is 22.7 Å². The van der Waals surface area contributed by atoms with Gasteiger partial charge >= 0.3 is 0 Å². The lowest BCUT2D eigenvalue weighted by Crippen LogP contribution is -2.25. The average Bonchev–Trinajstić information content (AvgIpc) is 2.40. The van der Waals surface area contributed by atoms with Gasteiger partial charge < -0.3 is 10.8 Å². The number of rotatable bonds is 7. The molecule has 0 bridgehead atoms. The van der Waals surface area contributed by atoms with Crippen LogP contribution in [0, 0.1) is 12.8 Å². The highest BCUT2D eigenvalue weighted by molar-refractivity contribution is 7.89. The molecular formula is C13H21ClN2O3S. The highest BCUT2D eigenvalue weighted by Crippen LogP contribution is 2.25. The van der Waals surface area contributed by atoms with Gasteiger partial charge in [0.15, 0.2) is 0 Å². The second-order valence-electron chi connectivity index (χ2n) is 4.95. The van der Waals surface area contributed by atoms with Gasteiger partial charge in [-0.05, 0) is 43.4 Å². The van der Waals surface area contributed by atoms with E-state index in [0.29, 0.717) is 29.2 Å². The van der Waals surface area contributed by atoms with Crippen molar-refractivity contribution in [2.45, 2.75) is 31.6 Å². The highest BCUT2D eigenvalue weighted by atomic mass is 35.5. The van der Waals surface area contributed by atoms with E-state index in [1.165, 1.54) is 12.1 Å². The topological polar surface area (TPSA) is 92.4 Å². The van der Waals surface area contributed by atoms with Crippen LogP contribution >= 0.6 is 11.6 Å². The molecule has 1 rings (SSSR count). The van der Waals surface area contributed by atoms with Gasteiger partial charge in [-0.2, -0.15) is 0 Å². The summed E-state index contributed by atoms with van der Waals surface area (Å²) in [7, 11) is -3.60. The number of aliphatic hydroxyl groups excluding tert-OH is 1. The van der Waals surface area contributed by atoms with E-state index in [9.17, 15) is 8.42 Å². The zero-order chi connectivity index (χ0) is 15.3. The van der Waals surface area contributed by atoms with Crippen LogP contribution < -0.4 is 10.5 Å². The van der Waals surface area contributed by atoms with Crippen LogP contribution in [0.15, 0.2) is 17.0 Å². The first kappa shape index (κ1) is 17.2. The van der Waals surface area contributed by atoms with Crippen molar-refractivity contribution in [3.8, 4) is 0 Å². The summed E-state index contributed by atoms with van der Waals surface area (Å²) in [4.78, 5) is 0.0702. The molecule has 7 heteroatoms. The van der Waals surface area contributed by atoms with Gasteiger partial charge in [0.25, 0.3) is 0 Å². The molecule has 0 heterocycles. The second-order valence-corrected chi connectivity index (χ2v) is 7.12. The molecule has 0 radical (unpaired) electrons. The minimum absolute atomic E-state index is 0.0702. The quantitative estimate of drug-likeness (QED) is 0.528. The zero-order valence-electron chi connectivity index (χ0n) is 11.7. The zero-order valence-corrected chi connectivity index (χ0v) is 13.3. The Morgan fingerprint density at radius 3 is 2.65 bits per heavy atom. The maximum Gasteiger partial charge on any atom is 0.240 e. The fraction of sp³-hybridized carbons (Fsp3) is 0.538. The minimum atomic E-state index is -3.60. The van der Waals surface area contributed by atoms with Crippen molar-refractivity contribution in [3.63, 3.8) is 0 Å². The largest absolute Gasteiger partial charge is 0.398 e. The number of anilines is 1. The van der Waals surface area contributed by atoms with Crippen molar-refractivity contribution in [2.75, 3.05) is 18.9 Å². The van der Waals surface area contributed by atoms with Crippen molar-refractivity contribution in [1.29, 1.82) is 0 Å². The summed E-state index contributed by atoms with van der Waals surface area (Å²) in [5, 5.41) is 9.22. The molecule has 1 aromatic carbocycles. The summed E-state index contributed by atoms with van der Waals surface area (Å²) in [5.74, 6) is 0.170. The molecule has 0 aliphatic carbocycles. The summed E-state index contributed by atoms with van der Waals surface area (Å²) in [5.41, 5.74) is 6.75. The number of nitrogens with two attached hydrogens (primary N) is 1. The lowest BCUT2D eigenvalue weighted by Gasteiger charge is -2.11. The molecule has 0 aromatic heterocycles. The molecule has 1 atom stereocenters. The number of aliphatic hydroxyl groups is 1. The molecule has 114 valence electrons. The molecule has 0 spiro atoms. The van der Waals surface area contributed by atoms with Gasteiger partial charge in [0.2, 0.25) is 10.0 Å². The first-order chi connectivity index (χ1) is 9.27. The third-order valence-corrected chi connectivity index (χ3v) is 4.98. The van der Waals surface area contributed by atoms with E-state index >= 15 is 0 Å². The van der Waals surface area contributed by atoms with Gasteiger partial charge in [-0.3, -0.25) is 0 Å². The molecule has 5 nitrogen and oxygen atoms in total. The molecule has 0 aliphatic rings. The van der Waals surface area contributed by atoms with E-state index in [0.717, 1.165) is 6.42 Å². The summed E-state index contributed by atoms with van der Waals surface area (Å²) in [6.45, 7) is 4.07. The van der Waals surface area contributed by atoms with E-state index in [1.807, 2.05) is 6.92 Å². The summed E-state index contributed by atoms with van der Waals surface area (Å²) in [6.07, 6.45) is 1.42. The Hall–Kier alpha value is -0.820. The van der Waals surface area contributed by atoms with Crippen LogP contribution in [0.1, 0.15) is 25.3 Å². The number of nitrogen functional groups attached to an aromatic ring is 1. The molecule has 0 saturated heterocycles. The number of nitrogens with one attached hydrogen (secondary N) is 1.